The Labute approximate surface area is 112 Å². The van der Waals surface area contributed by atoms with Gasteiger partial charge >= 0.3 is 0 Å². The van der Waals surface area contributed by atoms with Crippen molar-refractivity contribution in [2.24, 2.45) is 11.8 Å². The number of hydrogen-bond donors (Lipinski definition) is 2. The van der Waals surface area contributed by atoms with E-state index in [9.17, 15) is 13.9 Å². The highest BCUT2D eigenvalue weighted by Crippen LogP contribution is 2.29. The highest BCUT2D eigenvalue weighted by molar-refractivity contribution is 5.22. The maximum absolute atomic E-state index is 13.5. The Morgan fingerprint density at radius 3 is 2.58 bits per heavy atom. The summed E-state index contributed by atoms with van der Waals surface area (Å²) in [6.07, 6.45) is 2.49. The summed E-state index contributed by atoms with van der Waals surface area (Å²) in [7, 11) is 0. The highest BCUT2D eigenvalue weighted by Gasteiger charge is 2.22. The number of rotatable bonds is 5. The molecule has 0 saturated heterocycles. The molecule has 0 aliphatic heterocycles. The number of hydrogen-bond acceptors (Lipinski definition) is 2. The Morgan fingerprint density at radius 1 is 1.32 bits per heavy atom. The van der Waals surface area contributed by atoms with Gasteiger partial charge in [0.2, 0.25) is 0 Å². The molecule has 2 nitrogen and oxygen atoms in total. The first kappa shape index (κ1) is 14.4. The van der Waals surface area contributed by atoms with Gasteiger partial charge < -0.3 is 10.4 Å². The smallest absolute Gasteiger partial charge is 0.131 e. The van der Waals surface area contributed by atoms with Crippen molar-refractivity contribution in [2.45, 2.75) is 32.3 Å². The third-order valence-corrected chi connectivity index (χ3v) is 3.91. The minimum Gasteiger partial charge on any atom is -0.387 e. The van der Waals surface area contributed by atoms with Gasteiger partial charge in [-0.2, -0.15) is 0 Å². The maximum atomic E-state index is 13.5. The van der Waals surface area contributed by atoms with E-state index < -0.39 is 17.7 Å². The van der Waals surface area contributed by atoms with Crippen LogP contribution in [0.5, 0.6) is 0 Å². The molecule has 0 heterocycles. The number of aliphatic hydroxyl groups excluding tert-OH is 1. The normalized spacial score (nSPS) is 24.6. The van der Waals surface area contributed by atoms with Crippen LogP contribution in [-0.2, 0) is 0 Å². The van der Waals surface area contributed by atoms with Crippen LogP contribution in [0.25, 0.3) is 0 Å². The van der Waals surface area contributed by atoms with Crippen LogP contribution in [-0.4, -0.2) is 18.2 Å². The zero-order chi connectivity index (χ0) is 13.8. The van der Waals surface area contributed by atoms with Crippen LogP contribution in [0, 0.1) is 23.5 Å². The van der Waals surface area contributed by atoms with Gasteiger partial charge in [-0.25, -0.2) is 8.78 Å². The van der Waals surface area contributed by atoms with Crippen molar-refractivity contribution >= 4 is 0 Å². The molecule has 4 heteroatoms. The molecule has 0 bridgehead atoms. The van der Waals surface area contributed by atoms with Gasteiger partial charge in [0.15, 0.2) is 0 Å². The molecule has 1 aliphatic rings. The quantitative estimate of drug-likeness (QED) is 0.861. The monoisotopic (exact) mass is 269 g/mol. The average Bonchev–Trinajstić information content (AvgIpc) is 2.75. The molecule has 3 atom stereocenters. The van der Waals surface area contributed by atoms with Gasteiger partial charge in [0.05, 0.1) is 11.7 Å². The number of aliphatic hydroxyl groups is 1. The Morgan fingerprint density at radius 2 is 2.00 bits per heavy atom. The Balaban J connectivity index is 1.82. The molecule has 1 aromatic rings. The predicted molar refractivity (Wildman–Crippen MR) is 70.7 cm³/mol. The zero-order valence-corrected chi connectivity index (χ0v) is 11.2. The van der Waals surface area contributed by atoms with E-state index in [1.165, 1.54) is 37.5 Å². The predicted octanol–water partition coefficient (Wildman–Crippen LogP) is 3.02. The van der Waals surface area contributed by atoms with E-state index in [0.29, 0.717) is 5.92 Å². The standard InChI is InChI=1S/C15H21F2NO/c1-10-5-6-11(7-10)8-18-9-14(19)15-12(16)3-2-4-13(15)17/h2-4,10-11,14,18-19H,5-9H2,1H3. The molecule has 1 saturated carbocycles. The summed E-state index contributed by atoms with van der Waals surface area (Å²) in [5.74, 6) is 0.000908. The Hall–Kier alpha value is -1.00. The first-order valence-corrected chi connectivity index (χ1v) is 6.90. The molecule has 2 N–H and O–H groups in total. The lowest BCUT2D eigenvalue weighted by Gasteiger charge is -2.16. The molecule has 1 aliphatic carbocycles. The summed E-state index contributed by atoms with van der Waals surface area (Å²) in [5, 5.41) is 13.0. The first-order valence-electron chi connectivity index (χ1n) is 6.90. The van der Waals surface area contributed by atoms with Crippen molar-refractivity contribution in [3.8, 4) is 0 Å². The molecule has 106 valence electrons. The lowest BCUT2D eigenvalue weighted by atomic mass is 10.1. The SMILES string of the molecule is CC1CCC(CNCC(O)c2c(F)cccc2F)C1. The van der Waals surface area contributed by atoms with Gasteiger partial charge in [-0.15, -0.1) is 0 Å². The maximum Gasteiger partial charge on any atom is 0.131 e. The summed E-state index contributed by atoms with van der Waals surface area (Å²) in [4.78, 5) is 0. The van der Waals surface area contributed by atoms with Crippen molar-refractivity contribution in [3.05, 3.63) is 35.4 Å². The summed E-state index contributed by atoms with van der Waals surface area (Å²) in [5.41, 5.74) is -0.241. The van der Waals surface area contributed by atoms with Crippen LogP contribution < -0.4 is 5.32 Å². The molecule has 0 aromatic heterocycles. The van der Waals surface area contributed by atoms with E-state index >= 15 is 0 Å². The fraction of sp³-hybridized carbons (Fsp3) is 0.600. The summed E-state index contributed by atoms with van der Waals surface area (Å²) in [6.45, 7) is 3.23. The molecule has 1 aromatic carbocycles. The summed E-state index contributed by atoms with van der Waals surface area (Å²) >= 11 is 0. The molecule has 19 heavy (non-hydrogen) atoms. The lowest BCUT2D eigenvalue weighted by Crippen LogP contribution is -2.27. The second kappa shape index (κ2) is 6.44. The van der Waals surface area contributed by atoms with Crippen LogP contribution in [0.3, 0.4) is 0 Å². The van der Waals surface area contributed by atoms with Gasteiger partial charge in [0, 0.05) is 6.54 Å². The second-order valence-corrected chi connectivity index (χ2v) is 5.59. The van der Waals surface area contributed by atoms with Crippen molar-refractivity contribution in [1.29, 1.82) is 0 Å². The van der Waals surface area contributed by atoms with Crippen molar-refractivity contribution in [2.75, 3.05) is 13.1 Å². The second-order valence-electron chi connectivity index (χ2n) is 5.59. The van der Waals surface area contributed by atoms with Crippen LogP contribution in [0.1, 0.15) is 37.9 Å². The summed E-state index contributed by atoms with van der Waals surface area (Å²) in [6, 6.07) is 3.63. The van der Waals surface area contributed by atoms with Gasteiger partial charge in [0.1, 0.15) is 11.6 Å². The third kappa shape index (κ3) is 3.74. The average molecular weight is 269 g/mol. The largest absolute Gasteiger partial charge is 0.387 e. The molecule has 0 amide bonds. The Bertz CT molecular complexity index is 404. The van der Waals surface area contributed by atoms with Gasteiger partial charge in [-0.05, 0) is 43.4 Å². The van der Waals surface area contributed by atoms with Crippen molar-refractivity contribution in [3.63, 3.8) is 0 Å². The summed E-state index contributed by atoms with van der Waals surface area (Å²) < 4.78 is 26.9. The number of nitrogens with one attached hydrogen (secondary N) is 1. The minimum absolute atomic E-state index is 0.183. The molecular formula is C15H21F2NO. The van der Waals surface area contributed by atoms with Crippen molar-refractivity contribution < 1.29 is 13.9 Å². The fourth-order valence-electron chi connectivity index (χ4n) is 2.87. The van der Waals surface area contributed by atoms with Crippen LogP contribution in [0.15, 0.2) is 18.2 Å². The molecule has 0 spiro atoms. The number of benzene rings is 1. The molecule has 2 rings (SSSR count). The van der Waals surface area contributed by atoms with Gasteiger partial charge in [0.25, 0.3) is 0 Å². The molecule has 1 fully saturated rings. The molecule has 0 radical (unpaired) electrons. The zero-order valence-electron chi connectivity index (χ0n) is 11.2. The first-order chi connectivity index (χ1) is 9.08. The van der Waals surface area contributed by atoms with E-state index in [2.05, 4.69) is 12.2 Å². The molecule has 3 unspecified atom stereocenters. The van der Waals surface area contributed by atoms with E-state index in [-0.39, 0.29) is 12.1 Å². The van der Waals surface area contributed by atoms with Crippen LogP contribution in [0.2, 0.25) is 0 Å². The topological polar surface area (TPSA) is 32.3 Å². The van der Waals surface area contributed by atoms with Gasteiger partial charge in [-0.3, -0.25) is 0 Å². The third-order valence-electron chi connectivity index (χ3n) is 3.91. The molecular weight excluding hydrogens is 248 g/mol. The van der Waals surface area contributed by atoms with Crippen LogP contribution in [0.4, 0.5) is 8.78 Å². The Kier molecular flexibility index (Phi) is 4.88. The van der Waals surface area contributed by atoms with E-state index in [0.717, 1.165) is 12.5 Å². The van der Waals surface area contributed by atoms with E-state index in [4.69, 9.17) is 0 Å². The lowest BCUT2D eigenvalue weighted by molar-refractivity contribution is 0.163. The number of halogens is 2. The minimum atomic E-state index is -1.14. The van der Waals surface area contributed by atoms with E-state index in [1.54, 1.807) is 0 Å². The van der Waals surface area contributed by atoms with Crippen molar-refractivity contribution in [1.82, 2.24) is 5.32 Å². The van der Waals surface area contributed by atoms with E-state index in [1.807, 2.05) is 0 Å². The van der Waals surface area contributed by atoms with Crippen LogP contribution >= 0.6 is 0 Å². The van der Waals surface area contributed by atoms with Gasteiger partial charge in [-0.1, -0.05) is 19.4 Å². The fourth-order valence-corrected chi connectivity index (χ4v) is 2.87. The highest BCUT2D eigenvalue weighted by atomic mass is 19.1.